The number of rotatable bonds is 0. The molecule has 12 heavy (non-hydrogen) atoms. The zero-order chi connectivity index (χ0) is 8.13. The van der Waals surface area contributed by atoms with Crippen molar-refractivity contribution in [3.05, 3.63) is 12.2 Å². The number of carbonyl (C=O) groups is 1. The Morgan fingerprint density at radius 2 is 1.50 bits per heavy atom. The van der Waals surface area contributed by atoms with Crippen LogP contribution >= 0.6 is 0 Å². The molecule has 2 fully saturated rings. The van der Waals surface area contributed by atoms with Crippen LogP contribution in [0.2, 0.25) is 0 Å². The number of ketones is 1. The minimum atomic E-state index is 0.334. The Balaban J connectivity index is 1.98. The summed E-state index contributed by atoms with van der Waals surface area (Å²) in [4.78, 5) is 11.7. The minimum Gasteiger partial charge on any atom is -0.298 e. The monoisotopic (exact) mass is 162 g/mol. The van der Waals surface area contributed by atoms with E-state index in [4.69, 9.17) is 0 Å². The summed E-state index contributed by atoms with van der Waals surface area (Å²) in [6.07, 6.45) is 9.65. The summed E-state index contributed by atoms with van der Waals surface area (Å²) in [7, 11) is 0. The molecular formula is C11H14O. The van der Waals surface area contributed by atoms with Crippen molar-refractivity contribution in [1.82, 2.24) is 0 Å². The van der Waals surface area contributed by atoms with Crippen molar-refractivity contribution in [2.75, 3.05) is 0 Å². The summed E-state index contributed by atoms with van der Waals surface area (Å²) in [5.41, 5.74) is 0. The van der Waals surface area contributed by atoms with Gasteiger partial charge in [-0.1, -0.05) is 25.0 Å². The van der Waals surface area contributed by atoms with Crippen LogP contribution in [-0.4, -0.2) is 5.78 Å². The molecule has 0 aromatic carbocycles. The lowest BCUT2D eigenvalue weighted by molar-refractivity contribution is -0.121. The van der Waals surface area contributed by atoms with Gasteiger partial charge in [-0.3, -0.25) is 4.79 Å². The molecule has 0 saturated heterocycles. The summed E-state index contributed by atoms with van der Waals surface area (Å²) in [6.45, 7) is 0. The molecular weight excluding hydrogens is 148 g/mol. The summed E-state index contributed by atoms with van der Waals surface area (Å²) in [6, 6.07) is 0. The maximum atomic E-state index is 11.7. The second kappa shape index (κ2) is 2.21. The number of carbonyl (C=O) groups excluding carboxylic acids is 1. The maximum Gasteiger partial charge on any atom is 0.147 e. The highest BCUT2D eigenvalue weighted by Crippen LogP contribution is 2.51. The second-order valence-corrected chi connectivity index (χ2v) is 4.45. The van der Waals surface area contributed by atoms with Crippen LogP contribution in [0.4, 0.5) is 0 Å². The first-order valence-electron chi connectivity index (χ1n) is 5.10. The molecule has 2 bridgehead atoms. The SMILES string of the molecule is O=C1C2C=CC1C1CCCCC21. The van der Waals surface area contributed by atoms with E-state index >= 15 is 0 Å². The van der Waals surface area contributed by atoms with Crippen LogP contribution in [0.5, 0.6) is 0 Å². The van der Waals surface area contributed by atoms with Gasteiger partial charge in [-0.05, 0) is 24.7 Å². The Hall–Kier alpha value is -0.590. The van der Waals surface area contributed by atoms with Crippen LogP contribution in [0.1, 0.15) is 25.7 Å². The van der Waals surface area contributed by atoms with E-state index in [1.165, 1.54) is 25.7 Å². The minimum absolute atomic E-state index is 0.334. The fraction of sp³-hybridized carbons (Fsp3) is 0.727. The quantitative estimate of drug-likeness (QED) is 0.499. The van der Waals surface area contributed by atoms with Gasteiger partial charge in [0.25, 0.3) is 0 Å². The van der Waals surface area contributed by atoms with Gasteiger partial charge in [0.15, 0.2) is 0 Å². The molecule has 0 radical (unpaired) electrons. The molecule has 0 aromatic rings. The Kier molecular flexibility index (Phi) is 1.27. The van der Waals surface area contributed by atoms with Crippen molar-refractivity contribution in [2.24, 2.45) is 23.7 Å². The molecule has 3 aliphatic carbocycles. The molecule has 0 N–H and O–H groups in total. The second-order valence-electron chi connectivity index (χ2n) is 4.45. The molecule has 0 aromatic heterocycles. The molecule has 64 valence electrons. The van der Waals surface area contributed by atoms with Crippen molar-refractivity contribution < 1.29 is 4.79 Å². The molecule has 1 heteroatoms. The lowest BCUT2D eigenvalue weighted by Crippen LogP contribution is -2.22. The molecule has 0 aliphatic heterocycles. The van der Waals surface area contributed by atoms with E-state index in [0.717, 1.165) is 11.8 Å². The van der Waals surface area contributed by atoms with Crippen LogP contribution in [0.15, 0.2) is 12.2 Å². The standard InChI is InChI=1S/C11H14O/c12-11-9-5-6-10(11)8-4-2-1-3-7(8)9/h5-10H,1-4H2. The predicted molar refractivity (Wildman–Crippen MR) is 46.6 cm³/mol. The highest BCUT2D eigenvalue weighted by atomic mass is 16.1. The van der Waals surface area contributed by atoms with Gasteiger partial charge in [-0.25, -0.2) is 0 Å². The summed E-state index contributed by atoms with van der Waals surface area (Å²) >= 11 is 0. The first kappa shape index (κ1) is 6.88. The fourth-order valence-corrected chi connectivity index (χ4v) is 3.44. The smallest absolute Gasteiger partial charge is 0.147 e. The third kappa shape index (κ3) is 0.675. The largest absolute Gasteiger partial charge is 0.298 e. The lowest BCUT2D eigenvalue weighted by Gasteiger charge is -2.30. The van der Waals surface area contributed by atoms with Crippen LogP contribution < -0.4 is 0 Å². The van der Waals surface area contributed by atoms with E-state index in [2.05, 4.69) is 12.2 Å². The zero-order valence-electron chi connectivity index (χ0n) is 7.20. The molecule has 0 heterocycles. The molecule has 4 unspecified atom stereocenters. The third-order valence-electron chi connectivity index (χ3n) is 3.98. The lowest BCUT2D eigenvalue weighted by atomic mass is 9.73. The van der Waals surface area contributed by atoms with E-state index in [1.54, 1.807) is 0 Å². The van der Waals surface area contributed by atoms with Gasteiger partial charge in [-0.15, -0.1) is 0 Å². The van der Waals surface area contributed by atoms with Gasteiger partial charge < -0.3 is 0 Å². The molecule has 0 spiro atoms. The normalized spacial score (nSPS) is 49.8. The summed E-state index contributed by atoms with van der Waals surface area (Å²) < 4.78 is 0. The molecule has 1 nitrogen and oxygen atoms in total. The van der Waals surface area contributed by atoms with Gasteiger partial charge in [0.1, 0.15) is 5.78 Å². The predicted octanol–water partition coefficient (Wildman–Crippen LogP) is 2.18. The van der Waals surface area contributed by atoms with E-state index in [-0.39, 0.29) is 0 Å². The maximum absolute atomic E-state index is 11.7. The van der Waals surface area contributed by atoms with Gasteiger partial charge in [0, 0.05) is 11.8 Å². The molecule has 4 atom stereocenters. The van der Waals surface area contributed by atoms with Crippen LogP contribution in [0.25, 0.3) is 0 Å². The number of Topliss-reactive ketones (excluding diaryl/α,β-unsaturated/α-hetero) is 1. The first-order valence-corrected chi connectivity index (χ1v) is 5.10. The van der Waals surface area contributed by atoms with Crippen LogP contribution in [0.3, 0.4) is 0 Å². The molecule has 0 amide bonds. The average molecular weight is 162 g/mol. The summed E-state index contributed by atoms with van der Waals surface area (Å²) in [5, 5.41) is 0. The molecule has 3 aliphatic rings. The number of hydrogen-bond acceptors (Lipinski definition) is 1. The van der Waals surface area contributed by atoms with Crippen molar-refractivity contribution >= 4 is 5.78 Å². The van der Waals surface area contributed by atoms with Crippen molar-refractivity contribution in [1.29, 1.82) is 0 Å². The van der Waals surface area contributed by atoms with Crippen LogP contribution in [0, 0.1) is 23.7 Å². The van der Waals surface area contributed by atoms with E-state index in [1.807, 2.05) is 0 Å². The highest BCUT2D eigenvalue weighted by Gasteiger charge is 2.50. The zero-order valence-corrected chi connectivity index (χ0v) is 7.20. The Morgan fingerprint density at radius 1 is 1.00 bits per heavy atom. The average Bonchev–Trinajstić information content (AvgIpc) is 2.61. The fourth-order valence-electron chi connectivity index (χ4n) is 3.44. The molecule has 2 saturated carbocycles. The van der Waals surface area contributed by atoms with Gasteiger partial charge in [0.05, 0.1) is 0 Å². The van der Waals surface area contributed by atoms with Crippen LogP contribution in [-0.2, 0) is 4.79 Å². The van der Waals surface area contributed by atoms with Gasteiger partial charge in [0.2, 0.25) is 0 Å². The van der Waals surface area contributed by atoms with Gasteiger partial charge in [-0.2, -0.15) is 0 Å². The number of hydrogen-bond donors (Lipinski definition) is 0. The topological polar surface area (TPSA) is 17.1 Å². The van der Waals surface area contributed by atoms with Crippen molar-refractivity contribution in [3.63, 3.8) is 0 Å². The summed E-state index contributed by atoms with van der Waals surface area (Å²) in [5.74, 6) is 2.68. The van der Waals surface area contributed by atoms with E-state index < -0.39 is 0 Å². The Morgan fingerprint density at radius 3 is 2.00 bits per heavy atom. The van der Waals surface area contributed by atoms with Gasteiger partial charge >= 0.3 is 0 Å². The first-order chi connectivity index (χ1) is 5.88. The number of fused-ring (bicyclic) bond motifs is 5. The van der Waals surface area contributed by atoms with Crippen molar-refractivity contribution in [3.8, 4) is 0 Å². The van der Waals surface area contributed by atoms with E-state index in [0.29, 0.717) is 17.6 Å². The van der Waals surface area contributed by atoms with E-state index in [9.17, 15) is 4.79 Å². The number of allylic oxidation sites excluding steroid dienone is 2. The Bertz CT molecular complexity index is 230. The third-order valence-corrected chi connectivity index (χ3v) is 3.98. The Labute approximate surface area is 72.8 Å². The molecule has 3 rings (SSSR count). The van der Waals surface area contributed by atoms with Crippen molar-refractivity contribution in [2.45, 2.75) is 25.7 Å². The highest BCUT2D eigenvalue weighted by molar-refractivity contribution is 5.92.